The third-order valence-electron chi connectivity index (χ3n) is 6.94. The lowest BCUT2D eigenvalue weighted by atomic mass is 9.98. The van der Waals surface area contributed by atoms with Gasteiger partial charge in [0.15, 0.2) is 11.8 Å². The van der Waals surface area contributed by atoms with Crippen LogP contribution in [0.1, 0.15) is 59.7 Å². The number of benzene rings is 2. The quantitative estimate of drug-likeness (QED) is 0.353. The molecular weight excluding hydrogens is 505 g/mol. The van der Waals surface area contributed by atoms with Gasteiger partial charge in [0.25, 0.3) is 0 Å². The summed E-state index contributed by atoms with van der Waals surface area (Å²) in [6.07, 6.45) is -1.96. The Kier molecular flexibility index (Phi) is 7.02. The van der Waals surface area contributed by atoms with Crippen LogP contribution in [0.15, 0.2) is 47.5 Å². The molecule has 1 fully saturated rings. The van der Waals surface area contributed by atoms with E-state index in [2.05, 4.69) is 30.0 Å². The summed E-state index contributed by atoms with van der Waals surface area (Å²) in [4.78, 5) is 6.72. The largest absolute Gasteiger partial charge is 0.493 e. The number of aryl methyl sites for hydroxylation is 1. The molecule has 0 radical (unpaired) electrons. The van der Waals surface area contributed by atoms with Gasteiger partial charge in [0.2, 0.25) is 0 Å². The van der Waals surface area contributed by atoms with E-state index in [0.29, 0.717) is 36.1 Å². The minimum absolute atomic E-state index is 0.0355. The zero-order valence-corrected chi connectivity index (χ0v) is 21.4. The summed E-state index contributed by atoms with van der Waals surface area (Å²) in [6.45, 7) is 3.66. The van der Waals surface area contributed by atoms with Gasteiger partial charge in [-0.2, -0.15) is 13.2 Å². The van der Waals surface area contributed by atoms with Crippen molar-refractivity contribution in [1.29, 1.82) is 0 Å². The molecule has 196 valence electrons. The maximum atomic E-state index is 13.2. The van der Waals surface area contributed by atoms with Crippen LogP contribution in [0.5, 0.6) is 5.75 Å². The Balaban J connectivity index is 1.38. The van der Waals surface area contributed by atoms with Crippen molar-refractivity contribution >= 4 is 17.6 Å². The van der Waals surface area contributed by atoms with Crippen LogP contribution >= 0.6 is 11.6 Å². The molecule has 2 aliphatic heterocycles. The Morgan fingerprint density at radius 1 is 1.16 bits per heavy atom. The van der Waals surface area contributed by atoms with E-state index in [9.17, 15) is 13.2 Å². The highest BCUT2D eigenvalue weighted by atomic mass is 35.5. The Morgan fingerprint density at radius 3 is 2.68 bits per heavy atom. The summed E-state index contributed by atoms with van der Waals surface area (Å²) < 4.78 is 47.3. The number of aliphatic imine (C=N–C) groups is 1. The second-order valence-corrected chi connectivity index (χ2v) is 9.74. The van der Waals surface area contributed by atoms with E-state index < -0.39 is 11.7 Å². The summed E-state index contributed by atoms with van der Waals surface area (Å²) in [5, 5.41) is 13.1. The Hall–Kier alpha value is -3.27. The van der Waals surface area contributed by atoms with E-state index in [1.54, 1.807) is 7.05 Å². The third-order valence-corrected chi connectivity index (χ3v) is 7.19. The number of nitrogens with one attached hydrogen (secondary N) is 1. The second kappa shape index (κ2) is 10.2. The molecule has 1 aromatic heterocycles. The van der Waals surface area contributed by atoms with Gasteiger partial charge in [-0.3, -0.25) is 4.99 Å². The van der Waals surface area contributed by atoms with Crippen molar-refractivity contribution in [3.8, 4) is 5.75 Å². The fraction of sp³-hybridized carbons (Fsp3) is 0.423. The lowest BCUT2D eigenvalue weighted by molar-refractivity contribution is -0.137. The molecule has 3 heterocycles. The molecule has 1 saturated heterocycles. The number of aromatic nitrogens is 3. The first-order chi connectivity index (χ1) is 17.7. The average Bonchev–Trinajstić information content (AvgIpc) is 3.49. The topological polar surface area (TPSA) is 67.6 Å². The number of nitrogens with zero attached hydrogens (tertiary/aromatic N) is 5. The van der Waals surface area contributed by atoms with Gasteiger partial charge in [-0.05, 0) is 49.6 Å². The monoisotopic (exact) mass is 532 g/mol. The van der Waals surface area contributed by atoms with Gasteiger partial charge >= 0.3 is 6.18 Å². The van der Waals surface area contributed by atoms with Crippen LogP contribution in [0.2, 0.25) is 5.02 Å². The number of guanidine groups is 1. The highest BCUT2D eigenvalue weighted by molar-refractivity contribution is 6.30. The summed E-state index contributed by atoms with van der Waals surface area (Å²) in [7, 11) is 1.72. The lowest BCUT2D eigenvalue weighted by Gasteiger charge is -2.33. The molecule has 5 rings (SSSR count). The van der Waals surface area contributed by atoms with E-state index >= 15 is 0 Å². The third kappa shape index (κ3) is 5.25. The van der Waals surface area contributed by atoms with Crippen molar-refractivity contribution in [1.82, 2.24) is 25.0 Å². The van der Waals surface area contributed by atoms with Crippen LogP contribution in [0, 0.1) is 6.92 Å². The average molecular weight is 533 g/mol. The number of hydrogen-bond donors (Lipinski definition) is 1. The molecular formula is C26H28ClF3N6O. The van der Waals surface area contributed by atoms with E-state index in [0.717, 1.165) is 48.7 Å². The Morgan fingerprint density at radius 2 is 1.95 bits per heavy atom. The molecule has 2 atom stereocenters. The number of alkyl halides is 3. The van der Waals surface area contributed by atoms with Gasteiger partial charge in [-0.1, -0.05) is 29.8 Å². The van der Waals surface area contributed by atoms with Crippen molar-refractivity contribution in [3.63, 3.8) is 0 Å². The van der Waals surface area contributed by atoms with Crippen LogP contribution in [-0.2, 0) is 12.7 Å². The predicted octanol–water partition coefficient (Wildman–Crippen LogP) is 5.54. The van der Waals surface area contributed by atoms with E-state index in [1.807, 2.05) is 31.2 Å². The molecule has 0 aliphatic carbocycles. The van der Waals surface area contributed by atoms with Crippen molar-refractivity contribution in [2.75, 3.05) is 20.2 Å². The Labute approximate surface area is 218 Å². The van der Waals surface area contributed by atoms with Crippen LogP contribution in [-0.4, -0.2) is 45.8 Å². The number of rotatable bonds is 4. The minimum Gasteiger partial charge on any atom is -0.493 e. The highest BCUT2D eigenvalue weighted by Gasteiger charge is 2.36. The molecule has 1 N–H and O–H groups in total. The van der Waals surface area contributed by atoms with Crippen LogP contribution < -0.4 is 10.1 Å². The fourth-order valence-corrected chi connectivity index (χ4v) is 5.17. The van der Waals surface area contributed by atoms with Crippen LogP contribution in [0.4, 0.5) is 13.2 Å². The van der Waals surface area contributed by atoms with Gasteiger partial charge in [-0.25, -0.2) is 0 Å². The molecule has 0 saturated carbocycles. The number of hydrogen-bond acceptors (Lipinski definition) is 4. The first-order valence-electron chi connectivity index (χ1n) is 12.2. The summed E-state index contributed by atoms with van der Waals surface area (Å²) >= 11 is 6.05. The van der Waals surface area contributed by atoms with E-state index in [1.165, 1.54) is 6.07 Å². The van der Waals surface area contributed by atoms with Crippen LogP contribution in [0.25, 0.3) is 0 Å². The molecule has 11 heteroatoms. The maximum Gasteiger partial charge on any atom is 0.416 e. The molecule has 1 unspecified atom stereocenters. The number of ether oxygens (including phenoxy) is 1. The van der Waals surface area contributed by atoms with Gasteiger partial charge < -0.3 is 19.5 Å². The zero-order valence-electron chi connectivity index (χ0n) is 20.6. The van der Waals surface area contributed by atoms with Crippen molar-refractivity contribution in [2.45, 2.75) is 51.0 Å². The summed E-state index contributed by atoms with van der Waals surface area (Å²) in [6, 6.07) is 11.1. The summed E-state index contributed by atoms with van der Waals surface area (Å²) in [5.74, 6) is 2.61. The lowest BCUT2D eigenvalue weighted by Crippen LogP contribution is -2.44. The van der Waals surface area contributed by atoms with Gasteiger partial charge in [-0.15, -0.1) is 10.2 Å². The van der Waals surface area contributed by atoms with Crippen molar-refractivity contribution in [2.24, 2.45) is 4.99 Å². The Bertz CT molecular complexity index is 1290. The van der Waals surface area contributed by atoms with E-state index in [4.69, 9.17) is 16.3 Å². The molecule has 0 bridgehead atoms. The zero-order chi connectivity index (χ0) is 26.2. The summed E-state index contributed by atoms with van der Waals surface area (Å²) in [5.41, 5.74) is 1.07. The van der Waals surface area contributed by atoms with Gasteiger partial charge in [0.05, 0.1) is 30.8 Å². The van der Waals surface area contributed by atoms with Gasteiger partial charge in [0, 0.05) is 30.6 Å². The molecule has 7 nitrogen and oxygen atoms in total. The van der Waals surface area contributed by atoms with Crippen molar-refractivity contribution in [3.05, 3.63) is 75.8 Å². The molecule has 2 aliphatic rings. The number of likely N-dealkylation sites (tertiary alicyclic amines) is 1. The van der Waals surface area contributed by atoms with Crippen molar-refractivity contribution < 1.29 is 17.9 Å². The molecule has 2 aromatic carbocycles. The normalized spacial score (nSPS) is 20.1. The second-order valence-electron chi connectivity index (χ2n) is 9.30. The molecule has 3 aromatic rings. The SMILES string of the molecule is CN=C(NC1CCOc2cc(C(F)(F)F)ccc21)N1CCC[C@@H]1c1nnc(C)n1Cc1ccc(Cl)cc1. The smallest absolute Gasteiger partial charge is 0.416 e. The molecule has 0 spiro atoms. The minimum atomic E-state index is -4.42. The number of fused-ring (bicyclic) bond motifs is 1. The fourth-order valence-electron chi connectivity index (χ4n) is 5.05. The highest BCUT2D eigenvalue weighted by Crippen LogP contribution is 2.39. The maximum absolute atomic E-state index is 13.2. The molecule has 37 heavy (non-hydrogen) atoms. The van der Waals surface area contributed by atoms with Gasteiger partial charge in [0.1, 0.15) is 11.6 Å². The van der Waals surface area contributed by atoms with Crippen LogP contribution in [0.3, 0.4) is 0 Å². The first-order valence-corrected chi connectivity index (χ1v) is 12.6. The molecule has 0 amide bonds. The first kappa shape index (κ1) is 25.4. The van der Waals surface area contributed by atoms with E-state index in [-0.39, 0.29) is 17.8 Å². The standard InChI is InChI=1S/C26H28ClF3N6O/c1-16-33-34-24(36(16)15-17-5-8-19(27)9-6-17)22-4-3-12-35(22)25(31-2)32-21-11-13-37-23-14-18(26(28,29)30)7-10-20(21)23/h5-10,14,21-22H,3-4,11-13,15H2,1-2H3,(H,31,32)/t21?,22-/m1/s1. The number of halogens is 4. The predicted molar refractivity (Wildman–Crippen MR) is 135 cm³/mol.